The van der Waals surface area contributed by atoms with Gasteiger partial charge in [0, 0.05) is 5.56 Å². The lowest BCUT2D eigenvalue weighted by molar-refractivity contribution is 0.305. The lowest BCUT2D eigenvalue weighted by Crippen LogP contribution is -1.97. The first-order valence-electron chi connectivity index (χ1n) is 5.85. The van der Waals surface area contributed by atoms with Gasteiger partial charge in [0.15, 0.2) is 0 Å². The van der Waals surface area contributed by atoms with Gasteiger partial charge >= 0.3 is 0 Å². The van der Waals surface area contributed by atoms with Crippen LogP contribution in [-0.2, 0) is 13.0 Å². The Hall–Kier alpha value is -1.54. The van der Waals surface area contributed by atoms with Crippen molar-refractivity contribution in [3.05, 3.63) is 64.4 Å². The third kappa shape index (κ3) is 3.02. The minimum atomic E-state index is -0.418. The smallest absolute Gasteiger partial charge is 0.142 e. The third-order valence-electron chi connectivity index (χ3n) is 2.76. The van der Waals surface area contributed by atoms with E-state index in [9.17, 15) is 4.39 Å². The SMILES string of the molecule is CCc1ccc(OCc2cccc(F)c2Cl)cc1. The molecule has 0 radical (unpaired) electrons. The molecular formula is C15H14ClFO. The Bertz CT molecular complexity index is 523. The first-order valence-corrected chi connectivity index (χ1v) is 6.23. The van der Waals surface area contributed by atoms with Gasteiger partial charge in [0.2, 0.25) is 0 Å². The molecule has 2 rings (SSSR count). The van der Waals surface area contributed by atoms with Gasteiger partial charge in [-0.2, -0.15) is 0 Å². The summed E-state index contributed by atoms with van der Waals surface area (Å²) in [6.45, 7) is 2.37. The van der Waals surface area contributed by atoms with Crippen LogP contribution in [0, 0.1) is 5.82 Å². The monoisotopic (exact) mass is 264 g/mol. The van der Waals surface area contributed by atoms with E-state index in [0.717, 1.165) is 12.2 Å². The average Bonchev–Trinajstić information content (AvgIpc) is 2.41. The average molecular weight is 265 g/mol. The van der Waals surface area contributed by atoms with E-state index in [1.807, 2.05) is 24.3 Å². The second kappa shape index (κ2) is 5.87. The van der Waals surface area contributed by atoms with Gasteiger partial charge in [-0.3, -0.25) is 0 Å². The zero-order valence-corrected chi connectivity index (χ0v) is 10.9. The summed E-state index contributed by atoms with van der Waals surface area (Å²) in [6, 6.07) is 12.6. The Balaban J connectivity index is 2.04. The minimum Gasteiger partial charge on any atom is -0.489 e. The van der Waals surface area contributed by atoms with Crippen molar-refractivity contribution < 1.29 is 9.13 Å². The lowest BCUT2D eigenvalue weighted by atomic mass is 10.2. The fourth-order valence-electron chi connectivity index (χ4n) is 1.64. The Labute approximate surface area is 111 Å². The van der Waals surface area contributed by atoms with Crippen LogP contribution in [0.5, 0.6) is 5.75 Å². The van der Waals surface area contributed by atoms with Crippen molar-refractivity contribution in [3.63, 3.8) is 0 Å². The molecule has 0 atom stereocenters. The van der Waals surface area contributed by atoms with E-state index in [1.54, 1.807) is 12.1 Å². The van der Waals surface area contributed by atoms with Crippen molar-refractivity contribution in [2.45, 2.75) is 20.0 Å². The van der Waals surface area contributed by atoms with Crippen molar-refractivity contribution in [2.75, 3.05) is 0 Å². The van der Waals surface area contributed by atoms with Crippen LogP contribution in [0.15, 0.2) is 42.5 Å². The summed E-state index contributed by atoms with van der Waals surface area (Å²) < 4.78 is 18.8. The third-order valence-corrected chi connectivity index (χ3v) is 3.18. The molecule has 18 heavy (non-hydrogen) atoms. The van der Waals surface area contributed by atoms with E-state index >= 15 is 0 Å². The van der Waals surface area contributed by atoms with E-state index in [4.69, 9.17) is 16.3 Å². The molecular weight excluding hydrogens is 251 g/mol. The van der Waals surface area contributed by atoms with E-state index in [2.05, 4.69) is 6.92 Å². The van der Waals surface area contributed by atoms with Crippen molar-refractivity contribution in [1.29, 1.82) is 0 Å². The maximum absolute atomic E-state index is 13.2. The summed E-state index contributed by atoms with van der Waals surface area (Å²) in [4.78, 5) is 0. The van der Waals surface area contributed by atoms with Crippen molar-refractivity contribution in [3.8, 4) is 5.75 Å². The van der Waals surface area contributed by atoms with E-state index in [0.29, 0.717) is 5.56 Å². The van der Waals surface area contributed by atoms with Crippen LogP contribution in [0.25, 0.3) is 0 Å². The number of aryl methyl sites for hydroxylation is 1. The lowest BCUT2D eigenvalue weighted by Gasteiger charge is -2.08. The van der Waals surface area contributed by atoms with Crippen LogP contribution in [0.2, 0.25) is 5.02 Å². The van der Waals surface area contributed by atoms with Crippen molar-refractivity contribution in [1.82, 2.24) is 0 Å². The van der Waals surface area contributed by atoms with E-state index in [1.165, 1.54) is 11.6 Å². The van der Waals surface area contributed by atoms with Crippen LogP contribution in [0.4, 0.5) is 4.39 Å². The molecule has 3 heteroatoms. The zero-order valence-electron chi connectivity index (χ0n) is 10.1. The highest BCUT2D eigenvalue weighted by Crippen LogP contribution is 2.21. The molecule has 0 heterocycles. The van der Waals surface area contributed by atoms with E-state index < -0.39 is 5.82 Å². The molecule has 94 valence electrons. The topological polar surface area (TPSA) is 9.23 Å². The first kappa shape index (κ1) is 12.9. The van der Waals surface area contributed by atoms with Gasteiger partial charge in [-0.15, -0.1) is 0 Å². The summed E-state index contributed by atoms with van der Waals surface area (Å²) >= 11 is 5.85. The Morgan fingerprint density at radius 1 is 1.11 bits per heavy atom. The largest absolute Gasteiger partial charge is 0.489 e. The van der Waals surface area contributed by atoms with Gasteiger partial charge in [0.1, 0.15) is 18.2 Å². The maximum Gasteiger partial charge on any atom is 0.142 e. The highest BCUT2D eigenvalue weighted by atomic mass is 35.5. The molecule has 0 spiro atoms. The first-order chi connectivity index (χ1) is 8.70. The molecule has 1 nitrogen and oxygen atoms in total. The summed E-state index contributed by atoms with van der Waals surface area (Å²) in [6.07, 6.45) is 0.996. The predicted molar refractivity (Wildman–Crippen MR) is 71.6 cm³/mol. The summed E-state index contributed by atoms with van der Waals surface area (Å²) in [7, 11) is 0. The molecule has 0 fully saturated rings. The quantitative estimate of drug-likeness (QED) is 0.783. The van der Waals surface area contributed by atoms with Crippen LogP contribution in [0.1, 0.15) is 18.1 Å². The standard InChI is InChI=1S/C15H14ClFO/c1-2-11-6-8-13(9-7-11)18-10-12-4-3-5-14(17)15(12)16/h3-9H,2,10H2,1H3. The summed E-state index contributed by atoms with van der Waals surface area (Å²) in [5.74, 6) is 0.339. The molecule has 0 aliphatic carbocycles. The fraction of sp³-hybridized carbons (Fsp3) is 0.200. The number of rotatable bonds is 4. The predicted octanol–water partition coefficient (Wildman–Crippen LogP) is 4.62. The van der Waals surface area contributed by atoms with Gasteiger partial charge in [-0.1, -0.05) is 42.8 Å². The van der Waals surface area contributed by atoms with Gasteiger partial charge in [0.25, 0.3) is 0 Å². The molecule has 0 amide bonds. The highest BCUT2D eigenvalue weighted by Gasteiger charge is 2.06. The molecule has 0 aromatic heterocycles. The highest BCUT2D eigenvalue weighted by molar-refractivity contribution is 6.31. The van der Waals surface area contributed by atoms with E-state index in [-0.39, 0.29) is 11.6 Å². The van der Waals surface area contributed by atoms with Crippen molar-refractivity contribution >= 4 is 11.6 Å². The zero-order chi connectivity index (χ0) is 13.0. The summed E-state index contributed by atoms with van der Waals surface area (Å²) in [5.41, 5.74) is 1.90. The van der Waals surface area contributed by atoms with Crippen LogP contribution < -0.4 is 4.74 Å². The van der Waals surface area contributed by atoms with Crippen LogP contribution in [-0.4, -0.2) is 0 Å². The number of halogens is 2. The Kier molecular flexibility index (Phi) is 4.21. The minimum absolute atomic E-state index is 0.127. The Morgan fingerprint density at radius 3 is 2.50 bits per heavy atom. The molecule has 0 aliphatic heterocycles. The van der Waals surface area contributed by atoms with Gasteiger partial charge in [-0.25, -0.2) is 4.39 Å². The number of benzene rings is 2. The molecule has 2 aromatic carbocycles. The van der Waals surface area contributed by atoms with Crippen LogP contribution in [0.3, 0.4) is 0 Å². The second-order valence-electron chi connectivity index (χ2n) is 4.00. The molecule has 0 bridgehead atoms. The van der Waals surface area contributed by atoms with Crippen molar-refractivity contribution in [2.24, 2.45) is 0 Å². The molecule has 0 unspecified atom stereocenters. The van der Waals surface area contributed by atoms with Gasteiger partial charge in [0.05, 0.1) is 5.02 Å². The number of hydrogen-bond donors (Lipinski definition) is 0. The van der Waals surface area contributed by atoms with Gasteiger partial charge in [-0.05, 0) is 30.2 Å². The number of ether oxygens (including phenoxy) is 1. The van der Waals surface area contributed by atoms with Gasteiger partial charge < -0.3 is 4.74 Å². The molecule has 0 saturated heterocycles. The second-order valence-corrected chi connectivity index (χ2v) is 4.38. The molecule has 0 saturated carbocycles. The normalized spacial score (nSPS) is 10.4. The van der Waals surface area contributed by atoms with Crippen LogP contribution >= 0.6 is 11.6 Å². The fourth-order valence-corrected chi connectivity index (χ4v) is 1.82. The maximum atomic E-state index is 13.2. The molecule has 0 N–H and O–H groups in total. The Morgan fingerprint density at radius 2 is 1.83 bits per heavy atom. The summed E-state index contributed by atoms with van der Waals surface area (Å²) in [5, 5.41) is 0.127. The number of hydrogen-bond acceptors (Lipinski definition) is 1. The molecule has 2 aromatic rings. The molecule has 0 aliphatic rings.